The monoisotopic (exact) mass is 308 g/mol. The molecule has 0 rings (SSSR count). The van der Waals surface area contributed by atoms with Gasteiger partial charge in [0.2, 0.25) is 0 Å². The highest BCUT2D eigenvalue weighted by atomic mass is 31.2. The van der Waals surface area contributed by atoms with Crippen molar-refractivity contribution in [3.8, 4) is 0 Å². The summed E-state index contributed by atoms with van der Waals surface area (Å²) in [5.74, 6) is -3.53. The molecule has 0 bridgehead atoms. The molecule has 0 aliphatic rings. The van der Waals surface area contributed by atoms with Gasteiger partial charge in [-0.2, -0.15) is 0 Å². The molecule has 0 saturated heterocycles. The van der Waals surface area contributed by atoms with Crippen LogP contribution in [-0.2, 0) is 47.6 Å². The van der Waals surface area contributed by atoms with Gasteiger partial charge >= 0.3 is 25.7 Å². The quantitative estimate of drug-likeness (QED) is 0.264. The van der Waals surface area contributed by atoms with E-state index < -0.39 is 25.7 Å². The third-order valence-corrected chi connectivity index (χ3v) is 1.90. The highest BCUT2D eigenvalue weighted by molar-refractivity contribution is 7.48. The Morgan fingerprint density at radius 3 is 1.15 bits per heavy atom. The van der Waals surface area contributed by atoms with Gasteiger partial charge in [-0.3, -0.25) is 14.7 Å². The Morgan fingerprint density at radius 2 is 0.950 bits per heavy atom. The average molecular weight is 308 g/mol. The molecule has 0 fully saturated rings. The maximum atomic E-state index is 11.7. The topological polar surface area (TPSA) is 124 Å². The molecule has 11 heteroatoms. The van der Waals surface area contributed by atoms with Crippen LogP contribution in [0.1, 0.15) is 0 Å². The minimum atomic E-state index is -4.89. The van der Waals surface area contributed by atoms with Crippen LogP contribution < -0.4 is 0 Å². The van der Waals surface area contributed by atoms with Crippen LogP contribution in [0.3, 0.4) is 0 Å². The first-order valence-electron chi connectivity index (χ1n) is 4.55. The van der Waals surface area contributed by atoms with Gasteiger partial charge in [0, 0.05) is 18.2 Å². The number of hydrogen-bond acceptors (Lipinski definition) is 10. The van der Waals surface area contributed by atoms with Crippen molar-refractivity contribution in [2.24, 2.45) is 0 Å². The summed E-state index contributed by atoms with van der Waals surface area (Å²) in [4.78, 5) is 43.8. The molecule has 10 nitrogen and oxygen atoms in total. The van der Waals surface area contributed by atoms with Crippen LogP contribution in [0.2, 0.25) is 0 Å². The Morgan fingerprint density at radius 1 is 0.700 bits per heavy atom. The molecule has 0 heterocycles. The third kappa shape index (κ3) is 7.24. The van der Waals surface area contributed by atoms with Crippen LogP contribution in [0.4, 0.5) is 0 Å². The Labute approximate surface area is 112 Å². The second-order valence-electron chi connectivity index (χ2n) is 2.49. The van der Waals surface area contributed by atoms with Crippen molar-refractivity contribution in [3.63, 3.8) is 0 Å². The van der Waals surface area contributed by atoms with E-state index in [4.69, 9.17) is 0 Å². The highest BCUT2D eigenvalue weighted by Crippen LogP contribution is 2.50. The van der Waals surface area contributed by atoms with E-state index in [1.807, 2.05) is 0 Å². The lowest BCUT2D eigenvalue weighted by Crippen LogP contribution is -2.09. The molecule has 0 saturated carbocycles. The van der Waals surface area contributed by atoms with Crippen LogP contribution >= 0.6 is 7.82 Å². The van der Waals surface area contributed by atoms with Gasteiger partial charge in [-0.1, -0.05) is 33.8 Å². The average Bonchev–Trinajstić information content (AvgIpc) is 2.47. The van der Waals surface area contributed by atoms with Gasteiger partial charge in [-0.25, -0.2) is 18.9 Å². The molecule has 0 aromatic rings. The second kappa shape index (κ2) is 8.77. The van der Waals surface area contributed by atoms with Gasteiger partial charge in [0.05, 0.1) is 0 Å². The number of phosphoric acid groups is 1. The van der Waals surface area contributed by atoms with Gasteiger partial charge in [0.25, 0.3) is 0 Å². The molecule has 0 atom stereocenters. The van der Waals surface area contributed by atoms with E-state index in [9.17, 15) is 18.9 Å². The highest BCUT2D eigenvalue weighted by Gasteiger charge is 2.37. The minimum Gasteiger partial charge on any atom is -0.283 e. The third-order valence-electron chi connectivity index (χ3n) is 1.13. The van der Waals surface area contributed by atoms with E-state index >= 15 is 0 Å². The van der Waals surface area contributed by atoms with Crippen molar-refractivity contribution < 1.29 is 47.6 Å². The van der Waals surface area contributed by atoms with Crippen molar-refractivity contribution in [2.45, 2.75) is 0 Å². The summed E-state index contributed by atoms with van der Waals surface area (Å²) in [6.07, 6.45) is 1.95. The summed E-state index contributed by atoms with van der Waals surface area (Å²) in [6.45, 7) is 9.04. The van der Waals surface area contributed by atoms with Crippen molar-refractivity contribution in [1.29, 1.82) is 0 Å². The molecule has 0 amide bonds. The first kappa shape index (κ1) is 17.7. The van der Waals surface area contributed by atoms with Crippen LogP contribution in [-0.4, -0.2) is 17.9 Å². The van der Waals surface area contributed by atoms with Crippen molar-refractivity contribution in [3.05, 3.63) is 38.0 Å². The zero-order chi connectivity index (χ0) is 15.6. The molecule has 0 unspecified atom stereocenters. The molecule has 0 aromatic carbocycles. The lowest BCUT2D eigenvalue weighted by molar-refractivity contribution is -0.292. The fraction of sp³-hybridized carbons (Fsp3) is 0. The van der Waals surface area contributed by atoms with Crippen LogP contribution in [0.25, 0.3) is 0 Å². The maximum Gasteiger partial charge on any atom is 0.584 e. The number of carbonyl (C=O) groups is 3. The van der Waals surface area contributed by atoms with E-state index in [1.165, 1.54) is 0 Å². The van der Waals surface area contributed by atoms with E-state index in [1.54, 1.807) is 0 Å². The van der Waals surface area contributed by atoms with E-state index in [0.717, 1.165) is 0 Å². The summed E-state index contributed by atoms with van der Waals surface area (Å²) in [7, 11) is -4.89. The summed E-state index contributed by atoms with van der Waals surface area (Å²) >= 11 is 0. The normalized spacial score (nSPS) is 10.0. The zero-order valence-electron chi connectivity index (χ0n) is 9.88. The summed E-state index contributed by atoms with van der Waals surface area (Å²) < 4.78 is 23.5. The number of carbonyl (C=O) groups excluding carboxylic acids is 3. The maximum absolute atomic E-state index is 11.7. The molecule has 0 spiro atoms. The lowest BCUT2D eigenvalue weighted by Gasteiger charge is -2.11. The summed E-state index contributed by atoms with van der Waals surface area (Å²) in [5.41, 5.74) is 0. The molecule has 0 N–H and O–H groups in total. The van der Waals surface area contributed by atoms with E-state index in [-0.39, 0.29) is 0 Å². The first-order valence-corrected chi connectivity index (χ1v) is 6.01. The Bertz CT molecular complexity index is 401. The van der Waals surface area contributed by atoms with Crippen LogP contribution in [0.15, 0.2) is 38.0 Å². The zero-order valence-corrected chi connectivity index (χ0v) is 10.8. The molecule has 20 heavy (non-hydrogen) atoms. The van der Waals surface area contributed by atoms with Crippen molar-refractivity contribution >= 4 is 25.7 Å². The fourth-order valence-corrected chi connectivity index (χ4v) is 0.955. The summed E-state index contributed by atoms with van der Waals surface area (Å²) in [6, 6.07) is 0. The molecular weight excluding hydrogens is 299 g/mol. The van der Waals surface area contributed by atoms with E-state index in [2.05, 4.69) is 48.4 Å². The summed E-state index contributed by atoms with van der Waals surface area (Å²) in [5, 5.41) is 0. The first-order chi connectivity index (χ1) is 9.36. The molecule has 0 aliphatic carbocycles. The largest absolute Gasteiger partial charge is 0.584 e. The lowest BCUT2D eigenvalue weighted by atomic mass is 10.7. The standard InChI is InChI=1S/C9H9O10P/c1-4-7(10)14-17-20(13,18-15-8(11)5-2)19-16-9(12)6-3/h4-6H,1-3H2. The predicted molar refractivity (Wildman–Crippen MR) is 59.7 cm³/mol. The molecule has 0 aliphatic heterocycles. The Balaban J connectivity index is 4.68. The van der Waals surface area contributed by atoms with Crippen LogP contribution in [0.5, 0.6) is 0 Å². The minimum absolute atomic E-state index is 0.649. The van der Waals surface area contributed by atoms with Gasteiger partial charge in [0.1, 0.15) is 0 Å². The van der Waals surface area contributed by atoms with E-state index in [0.29, 0.717) is 18.2 Å². The molecule has 110 valence electrons. The fourth-order valence-electron chi connectivity index (χ4n) is 0.386. The second-order valence-corrected chi connectivity index (χ2v) is 3.83. The molecule has 0 aromatic heterocycles. The molecule has 0 radical (unpaired) electrons. The van der Waals surface area contributed by atoms with Crippen molar-refractivity contribution in [2.75, 3.05) is 0 Å². The molecular formula is C9H9O10P. The van der Waals surface area contributed by atoms with Gasteiger partial charge in [-0.15, -0.1) is 0 Å². The van der Waals surface area contributed by atoms with Gasteiger partial charge in [0.15, 0.2) is 0 Å². The SMILES string of the molecule is C=CC(=O)OOP(=O)(OOC(=O)C=C)OOC(=O)C=C. The Kier molecular flexibility index (Phi) is 7.78. The Hall–Kier alpha value is -2.26. The van der Waals surface area contributed by atoms with Crippen LogP contribution in [0, 0.1) is 0 Å². The number of rotatable bonds is 9. The van der Waals surface area contributed by atoms with Gasteiger partial charge in [-0.05, 0) is 0 Å². The van der Waals surface area contributed by atoms with Gasteiger partial charge < -0.3 is 0 Å². The number of hydrogen-bond donors (Lipinski definition) is 0. The smallest absolute Gasteiger partial charge is 0.283 e. The van der Waals surface area contributed by atoms with Crippen molar-refractivity contribution in [1.82, 2.24) is 0 Å². The predicted octanol–water partition coefficient (Wildman–Crippen LogP) is 1.08.